The Morgan fingerprint density at radius 1 is 1.11 bits per heavy atom. The Hall–Kier alpha value is -1.93. The van der Waals surface area contributed by atoms with E-state index in [0.717, 1.165) is 23.4 Å². The summed E-state index contributed by atoms with van der Waals surface area (Å²) in [5, 5.41) is 10.9. The van der Waals surface area contributed by atoms with Gasteiger partial charge in [0.05, 0.1) is 28.9 Å². The molecule has 6 nitrogen and oxygen atoms in total. The van der Waals surface area contributed by atoms with E-state index in [1.807, 2.05) is 70.7 Å². The van der Waals surface area contributed by atoms with Crippen molar-refractivity contribution >= 4 is 46.1 Å². The smallest absolute Gasteiger partial charge is 0.304 e. The maximum absolute atomic E-state index is 13.8. The van der Waals surface area contributed by atoms with Crippen LogP contribution in [0.2, 0.25) is 10.0 Å². The molecule has 1 heterocycles. The van der Waals surface area contributed by atoms with E-state index in [4.69, 9.17) is 23.2 Å². The molecule has 4 atom stereocenters. The number of halogens is 2. The highest BCUT2D eigenvalue weighted by Crippen LogP contribution is 2.48. The molecule has 2 aromatic carbocycles. The first-order valence-electron chi connectivity index (χ1n) is 12.6. The van der Waals surface area contributed by atoms with Gasteiger partial charge >= 0.3 is 5.97 Å². The van der Waals surface area contributed by atoms with Gasteiger partial charge in [-0.1, -0.05) is 67.4 Å². The van der Waals surface area contributed by atoms with Crippen LogP contribution in [0.3, 0.4) is 0 Å². The Labute approximate surface area is 232 Å². The molecule has 0 bridgehead atoms. The number of rotatable bonds is 9. The third-order valence-electron chi connectivity index (χ3n) is 7.22. The maximum atomic E-state index is 13.8. The van der Waals surface area contributed by atoms with Crippen LogP contribution in [0.1, 0.15) is 57.6 Å². The number of carbonyl (C=O) groups is 2. The molecule has 1 saturated heterocycles. The number of benzene rings is 2. The maximum Gasteiger partial charge on any atom is 0.304 e. The average Bonchev–Trinajstić information content (AvgIpc) is 3.68. The normalized spacial score (nSPS) is 23.2. The molecule has 4 rings (SSSR count). The molecular formula is C28H36Cl2N2O4S. The van der Waals surface area contributed by atoms with Gasteiger partial charge in [-0.05, 0) is 61.4 Å². The van der Waals surface area contributed by atoms with E-state index in [1.54, 1.807) is 13.2 Å². The molecule has 37 heavy (non-hydrogen) atoms. The molecule has 202 valence electrons. The zero-order valence-corrected chi connectivity index (χ0v) is 23.9. The first-order valence-corrected chi connectivity index (χ1v) is 14.9. The Kier molecular flexibility index (Phi) is 10.6. The minimum absolute atomic E-state index is 0.0875. The Morgan fingerprint density at radius 3 is 2.16 bits per heavy atom. The van der Waals surface area contributed by atoms with Crippen LogP contribution in [0.25, 0.3) is 0 Å². The van der Waals surface area contributed by atoms with E-state index in [-0.39, 0.29) is 24.4 Å². The van der Waals surface area contributed by atoms with Crippen LogP contribution in [0.5, 0.6) is 0 Å². The zero-order valence-electron chi connectivity index (χ0n) is 21.6. The number of likely N-dealkylation sites (tertiary alicyclic amines) is 1. The van der Waals surface area contributed by atoms with Gasteiger partial charge < -0.3 is 10.0 Å². The molecule has 1 amide bonds. The molecule has 2 aromatic rings. The second-order valence-corrected chi connectivity index (χ2v) is 12.3. The van der Waals surface area contributed by atoms with E-state index < -0.39 is 22.4 Å². The number of carboxylic acids is 1. The fourth-order valence-corrected chi connectivity index (χ4v) is 6.03. The summed E-state index contributed by atoms with van der Waals surface area (Å²) in [4.78, 5) is 27.2. The van der Waals surface area contributed by atoms with Crippen molar-refractivity contribution in [2.45, 2.75) is 58.0 Å². The van der Waals surface area contributed by atoms with E-state index in [2.05, 4.69) is 0 Å². The molecular weight excluding hydrogens is 531 g/mol. The molecule has 1 N–H and O–H groups in total. The highest BCUT2D eigenvalue weighted by molar-refractivity contribution is 7.81. The summed E-state index contributed by atoms with van der Waals surface area (Å²) in [6, 6.07) is 16.8. The zero-order chi connectivity index (χ0) is 27.2. The van der Waals surface area contributed by atoms with Crippen LogP contribution in [0.15, 0.2) is 54.6 Å². The molecule has 1 aliphatic heterocycles. The number of likely N-dealkylation sites (N-methyl/N-ethyl adjacent to an activating group) is 1. The lowest BCUT2D eigenvalue weighted by Crippen LogP contribution is -2.57. The van der Waals surface area contributed by atoms with Gasteiger partial charge in [-0.2, -0.15) is 0 Å². The topological polar surface area (TPSA) is 77.9 Å². The van der Waals surface area contributed by atoms with Crippen molar-refractivity contribution in [2.75, 3.05) is 19.3 Å². The number of carboxylic acid groups (broad SMARTS) is 1. The van der Waals surface area contributed by atoms with Crippen LogP contribution >= 0.6 is 23.2 Å². The van der Waals surface area contributed by atoms with Gasteiger partial charge in [0.15, 0.2) is 0 Å². The predicted molar refractivity (Wildman–Crippen MR) is 150 cm³/mol. The number of carbonyl (C=O) groups excluding carboxylic acids is 1. The predicted octanol–water partition coefficient (Wildman–Crippen LogP) is 6.22. The summed E-state index contributed by atoms with van der Waals surface area (Å²) in [6.45, 7) is 4.90. The van der Waals surface area contributed by atoms with E-state index in [0.29, 0.717) is 36.9 Å². The van der Waals surface area contributed by atoms with Crippen molar-refractivity contribution in [3.8, 4) is 0 Å². The van der Waals surface area contributed by atoms with Gasteiger partial charge in [-0.15, -0.1) is 0 Å². The van der Waals surface area contributed by atoms with Crippen molar-refractivity contribution in [2.24, 2.45) is 11.3 Å². The minimum atomic E-state index is -1.13. The largest absolute Gasteiger partial charge is 0.481 e. The third kappa shape index (κ3) is 8.03. The van der Waals surface area contributed by atoms with Gasteiger partial charge in [0.1, 0.15) is 0 Å². The van der Waals surface area contributed by atoms with Crippen LogP contribution in [0, 0.1) is 11.3 Å². The number of aliphatic carboxylic acids is 1. The third-order valence-corrected chi connectivity index (χ3v) is 8.85. The number of amides is 1. The van der Waals surface area contributed by atoms with Crippen LogP contribution in [-0.2, 0) is 20.6 Å². The van der Waals surface area contributed by atoms with E-state index >= 15 is 0 Å². The van der Waals surface area contributed by atoms with Gasteiger partial charge in [0.25, 0.3) is 0 Å². The highest BCUT2D eigenvalue weighted by atomic mass is 35.5. The van der Waals surface area contributed by atoms with Crippen molar-refractivity contribution in [1.82, 2.24) is 9.21 Å². The van der Waals surface area contributed by atoms with E-state index in [1.165, 1.54) is 0 Å². The van der Waals surface area contributed by atoms with Gasteiger partial charge in [0.2, 0.25) is 5.91 Å². The highest BCUT2D eigenvalue weighted by Gasteiger charge is 2.51. The molecule has 9 heteroatoms. The van der Waals surface area contributed by atoms with Crippen molar-refractivity contribution < 1.29 is 18.9 Å². The average molecular weight is 568 g/mol. The Morgan fingerprint density at radius 2 is 1.70 bits per heavy atom. The lowest BCUT2D eigenvalue weighted by atomic mass is 9.74. The van der Waals surface area contributed by atoms with Gasteiger partial charge in [-0.25, -0.2) is 8.51 Å². The Balaban J connectivity index is 0.000000468. The monoisotopic (exact) mass is 566 g/mol. The number of hydrogen-bond donors (Lipinski definition) is 1. The summed E-state index contributed by atoms with van der Waals surface area (Å²) < 4.78 is 14.1. The minimum Gasteiger partial charge on any atom is -0.481 e. The van der Waals surface area contributed by atoms with Gasteiger partial charge in [0, 0.05) is 35.4 Å². The van der Waals surface area contributed by atoms with Crippen LogP contribution < -0.4 is 0 Å². The SMILES string of the molecule is CCN(CC(C1CC1)N1C(=O)[C@@](C)(CC(=O)O)CC[C@H]1c1ccc(Cl)cc1)S(C)=O.Clc1ccccc1. The van der Waals surface area contributed by atoms with Crippen LogP contribution in [-0.4, -0.2) is 55.8 Å². The Bertz CT molecular complexity index is 1080. The molecule has 0 radical (unpaired) electrons. The van der Waals surface area contributed by atoms with Crippen molar-refractivity contribution in [1.29, 1.82) is 0 Å². The van der Waals surface area contributed by atoms with Crippen molar-refractivity contribution in [3.63, 3.8) is 0 Å². The first-order chi connectivity index (χ1) is 17.6. The van der Waals surface area contributed by atoms with Crippen LogP contribution in [0.4, 0.5) is 0 Å². The number of nitrogens with zero attached hydrogens (tertiary/aromatic N) is 2. The fourth-order valence-electron chi connectivity index (χ4n) is 5.03. The molecule has 1 aliphatic carbocycles. The molecule has 2 aliphatic rings. The molecule has 2 unspecified atom stereocenters. The van der Waals surface area contributed by atoms with Gasteiger partial charge in [-0.3, -0.25) is 9.59 Å². The summed E-state index contributed by atoms with van der Waals surface area (Å²) in [5.41, 5.74) is 0.0843. The number of hydrogen-bond acceptors (Lipinski definition) is 3. The molecule has 0 spiro atoms. The van der Waals surface area contributed by atoms with E-state index in [9.17, 15) is 18.9 Å². The quantitative estimate of drug-likeness (QED) is 0.391. The second kappa shape index (κ2) is 13.2. The first kappa shape index (κ1) is 29.6. The summed E-state index contributed by atoms with van der Waals surface area (Å²) in [7, 11) is -1.13. The summed E-state index contributed by atoms with van der Waals surface area (Å²) in [5.74, 6) is -0.706. The lowest BCUT2D eigenvalue weighted by molar-refractivity contribution is -0.159. The number of piperidine rings is 1. The standard InChI is InChI=1S/C22H31ClN2O4S.C6H5Cl/c1-4-24(30(3)29)14-19(16-5-6-16)25-18(15-7-9-17(23)10-8-15)11-12-22(2,21(25)28)13-20(26)27;7-6-4-2-1-3-5-6/h7-10,16,18-19H,4-6,11-14H2,1-3H3,(H,26,27);1-5H/t18-,19?,22+,30?;/m0./s1. The lowest BCUT2D eigenvalue weighted by Gasteiger charge is -2.49. The summed E-state index contributed by atoms with van der Waals surface area (Å²) >= 11 is 11.6. The summed E-state index contributed by atoms with van der Waals surface area (Å²) in [6.07, 6.45) is 4.77. The molecule has 1 saturated carbocycles. The second-order valence-electron chi connectivity index (χ2n) is 10.1. The molecule has 0 aromatic heterocycles. The molecule has 2 fully saturated rings. The van der Waals surface area contributed by atoms with Crippen molar-refractivity contribution in [3.05, 3.63) is 70.2 Å². The fraction of sp³-hybridized carbons (Fsp3) is 0.500.